The molecule has 0 spiro atoms. The highest BCUT2D eigenvalue weighted by molar-refractivity contribution is 6.06. The Hall–Kier alpha value is -3.39. The number of pyridine rings is 3. The minimum atomic E-state index is -0.765. The van der Waals surface area contributed by atoms with Gasteiger partial charge in [-0.05, 0) is 72.4 Å². The lowest BCUT2D eigenvalue weighted by Gasteiger charge is -2.42. The largest absolute Gasteiger partial charge is 0.397 e. The molecule has 4 heterocycles. The number of fused-ring (bicyclic) bond motifs is 8. The average Bonchev–Trinajstić information content (AvgIpc) is 2.84. The van der Waals surface area contributed by atoms with Gasteiger partial charge in [-0.3, -0.25) is 19.2 Å². The fourth-order valence-corrected chi connectivity index (χ4v) is 5.64. The number of aromatic nitrogens is 3. The van der Waals surface area contributed by atoms with Gasteiger partial charge in [-0.25, -0.2) is 4.98 Å². The zero-order valence-electron chi connectivity index (χ0n) is 19.0. The van der Waals surface area contributed by atoms with E-state index in [4.69, 9.17) is 5.73 Å². The van der Waals surface area contributed by atoms with Gasteiger partial charge >= 0.3 is 0 Å². The molecule has 3 unspecified atom stereocenters. The SMILES string of the molecule is CC1Cc2cccnc2-c2ccc(N)c(n2)C(=O)Nc2cnccc2C2CC(O)[C@@H](CF)[C@@H]1C2. The number of anilines is 2. The van der Waals surface area contributed by atoms with Crippen molar-refractivity contribution in [3.05, 3.63) is 65.7 Å². The van der Waals surface area contributed by atoms with Crippen molar-refractivity contribution in [2.75, 3.05) is 17.7 Å². The standard InChI is InChI=1S/C26H28FN5O2/c1-14-9-15-3-2-7-30-24(15)21-5-4-20(28)25(31-21)26(34)32-22-13-29-8-6-17(22)16-10-18(14)19(12-27)23(33)11-16/h2-8,13-14,16,18-19,23,33H,9-12,28H2,1H3,(H,32,34)/t14?,16?,18-,19+,23?/m1/s1. The highest BCUT2D eigenvalue weighted by atomic mass is 19.1. The normalized spacial score (nSPS) is 26.6. The van der Waals surface area contributed by atoms with Crippen LogP contribution in [0.25, 0.3) is 11.4 Å². The fraction of sp³-hybridized carbons (Fsp3) is 0.385. The highest BCUT2D eigenvalue weighted by Crippen LogP contribution is 2.46. The van der Waals surface area contributed by atoms with Crippen molar-refractivity contribution in [1.82, 2.24) is 15.0 Å². The molecule has 1 fully saturated rings. The summed E-state index contributed by atoms with van der Waals surface area (Å²) >= 11 is 0. The number of nitrogens with zero attached hydrogens (tertiary/aromatic N) is 3. The summed E-state index contributed by atoms with van der Waals surface area (Å²) < 4.78 is 14.1. The number of nitrogens with two attached hydrogens (primary N) is 1. The number of nitrogen functional groups attached to an aromatic ring is 1. The Bertz CT molecular complexity index is 1220. The van der Waals surface area contributed by atoms with Crippen LogP contribution in [0.2, 0.25) is 0 Å². The van der Waals surface area contributed by atoms with Gasteiger partial charge in [-0.15, -0.1) is 0 Å². The number of rotatable bonds is 1. The smallest absolute Gasteiger partial charge is 0.276 e. The molecule has 7 nitrogen and oxygen atoms in total. The van der Waals surface area contributed by atoms with Crippen molar-refractivity contribution in [3.8, 4) is 11.4 Å². The fourth-order valence-electron chi connectivity index (χ4n) is 5.64. The molecule has 1 saturated carbocycles. The number of amides is 1. The number of aliphatic hydroxyl groups excluding tert-OH is 1. The van der Waals surface area contributed by atoms with E-state index in [1.165, 1.54) is 0 Å². The van der Waals surface area contributed by atoms with Crippen molar-refractivity contribution in [2.45, 2.75) is 38.2 Å². The Balaban J connectivity index is 1.68. The molecule has 176 valence electrons. The second-order valence-corrected chi connectivity index (χ2v) is 9.46. The van der Waals surface area contributed by atoms with Crippen LogP contribution in [0.15, 0.2) is 48.9 Å². The van der Waals surface area contributed by atoms with E-state index in [-0.39, 0.29) is 29.1 Å². The molecule has 2 aliphatic rings. The lowest BCUT2D eigenvalue weighted by Crippen LogP contribution is -2.40. The van der Waals surface area contributed by atoms with Gasteiger partial charge in [-0.1, -0.05) is 13.0 Å². The zero-order chi connectivity index (χ0) is 23.8. The number of hydrogen-bond donors (Lipinski definition) is 3. The Kier molecular flexibility index (Phi) is 6.00. The molecule has 4 N–H and O–H groups in total. The highest BCUT2D eigenvalue weighted by Gasteiger charge is 2.41. The van der Waals surface area contributed by atoms with Gasteiger partial charge in [0.1, 0.15) is 0 Å². The van der Waals surface area contributed by atoms with E-state index in [1.54, 1.807) is 30.7 Å². The number of hydrogen-bond acceptors (Lipinski definition) is 6. The molecule has 5 atom stereocenters. The van der Waals surface area contributed by atoms with E-state index in [2.05, 4.69) is 27.2 Å². The van der Waals surface area contributed by atoms with Crippen LogP contribution in [-0.4, -0.2) is 38.7 Å². The molecule has 4 bridgehead atoms. The zero-order valence-corrected chi connectivity index (χ0v) is 19.0. The number of nitrogens with one attached hydrogen (secondary N) is 1. The second kappa shape index (κ2) is 9.10. The van der Waals surface area contributed by atoms with E-state index in [0.29, 0.717) is 36.3 Å². The third-order valence-corrected chi connectivity index (χ3v) is 7.40. The van der Waals surface area contributed by atoms with Crippen LogP contribution in [0.4, 0.5) is 15.8 Å². The van der Waals surface area contributed by atoms with Crippen LogP contribution in [-0.2, 0) is 6.42 Å². The van der Waals surface area contributed by atoms with Crippen molar-refractivity contribution in [2.24, 2.45) is 17.8 Å². The first-order valence-electron chi connectivity index (χ1n) is 11.7. The van der Waals surface area contributed by atoms with Gasteiger partial charge in [0, 0.05) is 18.3 Å². The summed E-state index contributed by atoms with van der Waals surface area (Å²) in [5.41, 5.74) is 10.1. The molecule has 0 saturated heterocycles. The number of carbonyl (C=O) groups excluding carboxylic acids is 1. The van der Waals surface area contributed by atoms with E-state index in [0.717, 1.165) is 11.1 Å². The summed E-state index contributed by atoms with van der Waals surface area (Å²) in [7, 11) is 0. The van der Waals surface area contributed by atoms with Gasteiger partial charge in [0.15, 0.2) is 5.69 Å². The van der Waals surface area contributed by atoms with Crippen molar-refractivity contribution < 1.29 is 14.3 Å². The first-order chi connectivity index (χ1) is 16.5. The average molecular weight is 462 g/mol. The number of halogens is 1. The molecule has 5 rings (SSSR count). The number of carbonyl (C=O) groups is 1. The molecule has 1 aliphatic carbocycles. The van der Waals surface area contributed by atoms with Crippen LogP contribution in [0.5, 0.6) is 0 Å². The van der Waals surface area contributed by atoms with Crippen molar-refractivity contribution in [3.63, 3.8) is 0 Å². The minimum absolute atomic E-state index is 0.0404. The maximum absolute atomic E-state index is 14.1. The molecular formula is C26H28FN5O2. The summed E-state index contributed by atoms with van der Waals surface area (Å²) in [6.07, 6.45) is 5.99. The van der Waals surface area contributed by atoms with Gasteiger partial charge in [0.25, 0.3) is 5.91 Å². The molecular weight excluding hydrogens is 433 g/mol. The Morgan fingerprint density at radius 1 is 1.18 bits per heavy atom. The minimum Gasteiger partial charge on any atom is -0.397 e. The molecule has 0 aromatic carbocycles. The Morgan fingerprint density at radius 3 is 2.85 bits per heavy atom. The van der Waals surface area contributed by atoms with Gasteiger partial charge in [-0.2, -0.15) is 0 Å². The van der Waals surface area contributed by atoms with Crippen LogP contribution in [0, 0.1) is 17.8 Å². The van der Waals surface area contributed by atoms with Crippen LogP contribution in [0.3, 0.4) is 0 Å². The third kappa shape index (κ3) is 4.03. The Morgan fingerprint density at radius 2 is 2.03 bits per heavy atom. The monoisotopic (exact) mass is 461 g/mol. The number of aliphatic hydroxyl groups is 1. The summed E-state index contributed by atoms with van der Waals surface area (Å²) in [4.78, 5) is 26.5. The van der Waals surface area contributed by atoms with Crippen molar-refractivity contribution >= 4 is 17.3 Å². The van der Waals surface area contributed by atoms with Crippen LogP contribution < -0.4 is 11.1 Å². The van der Waals surface area contributed by atoms with Gasteiger partial charge in [0.05, 0.1) is 41.7 Å². The molecule has 3 aromatic heterocycles. The maximum atomic E-state index is 14.1. The van der Waals surface area contributed by atoms with E-state index in [1.807, 2.05) is 18.2 Å². The second-order valence-electron chi connectivity index (χ2n) is 9.46. The molecule has 1 aliphatic heterocycles. The summed E-state index contributed by atoms with van der Waals surface area (Å²) in [5, 5.41) is 13.9. The number of alkyl halides is 1. The molecule has 8 heteroatoms. The summed E-state index contributed by atoms with van der Waals surface area (Å²) in [5.74, 6) is -0.860. The molecule has 1 amide bonds. The van der Waals surface area contributed by atoms with Crippen LogP contribution in [0.1, 0.15) is 47.3 Å². The first-order valence-corrected chi connectivity index (χ1v) is 11.7. The first kappa shape index (κ1) is 22.4. The quantitative estimate of drug-likeness (QED) is 0.505. The molecule has 3 aromatic rings. The molecule has 0 radical (unpaired) electrons. The van der Waals surface area contributed by atoms with E-state index in [9.17, 15) is 14.3 Å². The lowest BCUT2D eigenvalue weighted by molar-refractivity contribution is -0.00822. The Labute approximate surface area is 197 Å². The van der Waals surface area contributed by atoms with Gasteiger partial charge in [0.2, 0.25) is 0 Å². The molecule has 34 heavy (non-hydrogen) atoms. The van der Waals surface area contributed by atoms with Crippen molar-refractivity contribution in [1.29, 1.82) is 0 Å². The van der Waals surface area contributed by atoms with E-state index >= 15 is 0 Å². The van der Waals surface area contributed by atoms with Gasteiger partial charge < -0.3 is 16.2 Å². The maximum Gasteiger partial charge on any atom is 0.276 e. The summed E-state index contributed by atoms with van der Waals surface area (Å²) in [6, 6.07) is 9.15. The van der Waals surface area contributed by atoms with E-state index < -0.39 is 24.6 Å². The lowest BCUT2D eigenvalue weighted by atomic mass is 9.65. The van der Waals surface area contributed by atoms with Crippen LogP contribution >= 0.6 is 0 Å². The third-order valence-electron chi connectivity index (χ3n) is 7.40. The summed E-state index contributed by atoms with van der Waals surface area (Å²) in [6.45, 7) is 1.55. The predicted molar refractivity (Wildman–Crippen MR) is 128 cm³/mol. The topological polar surface area (TPSA) is 114 Å². The predicted octanol–water partition coefficient (Wildman–Crippen LogP) is 4.01.